The summed E-state index contributed by atoms with van der Waals surface area (Å²) < 4.78 is 10.7. The van der Waals surface area contributed by atoms with Gasteiger partial charge in [0.25, 0.3) is 0 Å². The van der Waals surface area contributed by atoms with Gasteiger partial charge in [0.1, 0.15) is 5.82 Å². The molecule has 1 N–H and O–H groups in total. The second-order valence-electron chi connectivity index (χ2n) is 4.79. The number of anilines is 1. The van der Waals surface area contributed by atoms with Gasteiger partial charge in [-0.05, 0) is 43.2 Å². The highest BCUT2D eigenvalue weighted by Gasteiger charge is 2.21. The molecule has 2 aromatic rings. The van der Waals surface area contributed by atoms with Crippen molar-refractivity contribution < 1.29 is 9.47 Å². The van der Waals surface area contributed by atoms with Gasteiger partial charge in [0.15, 0.2) is 11.5 Å². The van der Waals surface area contributed by atoms with Crippen LogP contribution in [0.1, 0.15) is 12.8 Å². The summed E-state index contributed by atoms with van der Waals surface area (Å²) in [6, 6.07) is 10.3. The zero-order valence-corrected chi connectivity index (χ0v) is 10.3. The highest BCUT2D eigenvalue weighted by atomic mass is 16.7. The van der Waals surface area contributed by atoms with E-state index in [0.29, 0.717) is 6.04 Å². The van der Waals surface area contributed by atoms with E-state index >= 15 is 0 Å². The van der Waals surface area contributed by atoms with Gasteiger partial charge in [0.2, 0.25) is 6.79 Å². The van der Waals surface area contributed by atoms with Gasteiger partial charge in [-0.25, -0.2) is 0 Å². The van der Waals surface area contributed by atoms with Crippen molar-refractivity contribution in [2.24, 2.45) is 0 Å². The first-order valence-corrected chi connectivity index (χ1v) is 6.39. The molecular weight excluding hydrogens is 242 g/mol. The summed E-state index contributed by atoms with van der Waals surface area (Å²) in [5, 5.41) is 11.8. The maximum absolute atomic E-state index is 5.36. The maximum Gasteiger partial charge on any atom is 0.231 e. The van der Waals surface area contributed by atoms with Crippen molar-refractivity contribution in [3.05, 3.63) is 30.3 Å². The van der Waals surface area contributed by atoms with Crippen LogP contribution in [0.5, 0.6) is 11.5 Å². The van der Waals surface area contributed by atoms with Crippen LogP contribution in [0.4, 0.5) is 5.82 Å². The molecule has 19 heavy (non-hydrogen) atoms. The van der Waals surface area contributed by atoms with E-state index in [0.717, 1.165) is 28.6 Å². The lowest BCUT2D eigenvalue weighted by Gasteiger charge is -2.04. The van der Waals surface area contributed by atoms with Gasteiger partial charge in [-0.15, -0.1) is 10.2 Å². The second kappa shape index (κ2) is 4.12. The van der Waals surface area contributed by atoms with Crippen LogP contribution in [0.25, 0.3) is 11.3 Å². The molecule has 1 aliphatic heterocycles. The van der Waals surface area contributed by atoms with E-state index in [9.17, 15) is 0 Å². The first-order valence-electron chi connectivity index (χ1n) is 6.39. The van der Waals surface area contributed by atoms with Gasteiger partial charge in [-0.1, -0.05) is 0 Å². The number of aromatic nitrogens is 2. The highest BCUT2D eigenvalue weighted by Crippen LogP contribution is 2.35. The minimum Gasteiger partial charge on any atom is -0.454 e. The predicted molar refractivity (Wildman–Crippen MR) is 70.2 cm³/mol. The molecule has 0 spiro atoms. The van der Waals surface area contributed by atoms with Crippen LogP contribution in [0.15, 0.2) is 30.3 Å². The molecule has 2 aliphatic rings. The molecule has 0 atom stereocenters. The summed E-state index contributed by atoms with van der Waals surface area (Å²) in [6.07, 6.45) is 2.46. The predicted octanol–water partition coefficient (Wildman–Crippen LogP) is 2.45. The molecule has 5 nitrogen and oxygen atoms in total. The van der Waals surface area contributed by atoms with Crippen LogP contribution in [-0.2, 0) is 0 Å². The maximum atomic E-state index is 5.36. The molecular formula is C14H13N3O2. The lowest BCUT2D eigenvalue weighted by atomic mass is 10.1. The first-order chi connectivity index (χ1) is 9.38. The highest BCUT2D eigenvalue weighted by molar-refractivity contribution is 5.64. The minimum absolute atomic E-state index is 0.286. The lowest BCUT2D eigenvalue weighted by molar-refractivity contribution is 0.174. The van der Waals surface area contributed by atoms with E-state index in [1.54, 1.807) is 0 Å². The van der Waals surface area contributed by atoms with Crippen LogP contribution in [-0.4, -0.2) is 23.0 Å². The molecule has 0 amide bonds. The van der Waals surface area contributed by atoms with E-state index in [4.69, 9.17) is 9.47 Å². The van der Waals surface area contributed by atoms with E-state index < -0.39 is 0 Å². The molecule has 5 heteroatoms. The van der Waals surface area contributed by atoms with Gasteiger partial charge in [0, 0.05) is 11.6 Å². The number of benzene rings is 1. The molecule has 0 saturated heterocycles. The topological polar surface area (TPSA) is 56.3 Å². The second-order valence-corrected chi connectivity index (χ2v) is 4.79. The van der Waals surface area contributed by atoms with Gasteiger partial charge in [-0.2, -0.15) is 0 Å². The number of hydrogen-bond acceptors (Lipinski definition) is 5. The molecule has 2 heterocycles. The fourth-order valence-corrected chi connectivity index (χ4v) is 2.06. The summed E-state index contributed by atoms with van der Waals surface area (Å²) >= 11 is 0. The summed E-state index contributed by atoms with van der Waals surface area (Å²) in [5.74, 6) is 2.38. The van der Waals surface area contributed by atoms with Crippen molar-refractivity contribution in [3.63, 3.8) is 0 Å². The third-order valence-corrected chi connectivity index (χ3v) is 3.26. The quantitative estimate of drug-likeness (QED) is 0.913. The molecule has 1 aromatic heterocycles. The van der Waals surface area contributed by atoms with E-state index in [-0.39, 0.29) is 6.79 Å². The Morgan fingerprint density at radius 2 is 1.89 bits per heavy atom. The zero-order chi connectivity index (χ0) is 12.7. The van der Waals surface area contributed by atoms with E-state index in [1.807, 2.05) is 30.3 Å². The van der Waals surface area contributed by atoms with Crippen molar-refractivity contribution in [3.8, 4) is 22.8 Å². The van der Waals surface area contributed by atoms with Crippen molar-refractivity contribution in [1.29, 1.82) is 0 Å². The first kappa shape index (κ1) is 10.6. The summed E-state index contributed by atoms with van der Waals surface area (Å²) in [7, 11) is 0. The molecule has 0 radical (unpaired) electrons. The molecule has 96 valence electrons. The van der Waals surface area contributed by atoms with Gasteiger partial charge in [-0.3, -0.25) is 0 Å². The number of nitrogens with zero attached hydrogens (tertiary/aromatic N) is 2. The number of hydrogen-bond donors (Lipinski definition) is 1. The Morgan fingerprint density at radius 3 is 2.68 bits per heavy atom. The summed E-state index contributed by atoms with van der Waals surface area (Å²) in [4.78, 5) is 0. The standard InChI is InChI=1S/C14H13N3O2/c1-5-12-13(19-8-18-12)7-9(1)11-4-6-14(17-16-11)15-10-2-3-10/h1,4-7,10H,2-3,8H2,(H,15,17). The van der Waals surface area contributed by atoms with E-state index in [1.165, 1.54) is 12.8 Å². The Kier molecular flexibility index (Phi) is 2.30. The smallest absolute Gasteiger partial charge is 0.231 e. The molecule has 1 saturated carbocycles. The number of rotatable bonds is 3. The molecule has 1 aromatic carbocycles. The van der Waals surface area contributed by atoms with Crippen LogP contribution >= 0.6 is 0 Å². The van der Waals surface area contributed by atoms with Gasteiger partial charge >= 0.3 is 0 Å². The Morgan fingerprint density at radius 1 is 1.00 bits per heavy atom. The molecule has 4 rings (SSSR count). The molecule has 1 aliphatic carbocycles. The normalized spacial score (nSPS) is 16.4. The Hall–Kier alpha value is -2.30. The lowest BCUT2D eigenvalue weighted by Crippen LogP contribution is -2.03. The number of nitrogens with one attached hydrogen (secondary N) is 1. The van der Waals surface area contributed by atoms with Crippen molar-refractivity contribution in [2.45, 2.75) is 18.9 Å². The number of ether oxygens (including phenoxy) is 2. The number of fused-ring (bicyclic) bond motifs is 1. The largest absolute Gasteiger partial charge is 0.454 e. The Bertz CT molecular complexity index is 609. The van der Waals surface area contributed by atoms with E-state index in [2.05, 4.69) is 15.5 Å². The van der Waals surface area contributed by atoms with Gasteiger partial charge in [0.05, 0.1) is 5.69 Å². The van der Waals surface area contributed by atoms with Crippen LogP contribution in [0.2, 0.25) is 0 Å². The fourth-order valence-electron chi connectivity index (χ4n) is 2.06. The van der Waals surface area contributed by atoms with Crippen LogP contribution in [0.3, 0.4) is 0 Å². The van der Waals surface area contributed by atoms with Crippen molar-refractivity contribution in [1.82, 2.24) is 10.2 Å². The third kappa shape index (κ3) is 2.07. The zero-order valence-electron chi connectivity index (χ0n) is 10.3. The molecule has 0 unspecified atom stereocenters. The molecule has 1 fully saturated rings. The summed E-state index contributed by atoms with van der Waals surface area (Å²) in [5.41, 5.74) is 1.81. The average Bonchev–Trinajstić information content (AvgIpc) is 3.14. The fraction of sp³-hybridized carbons (Fsp3) is 0.286. The van der Waals surface area contributed by atoms with Crippen LogP contribution < -0.4 is 14.8 Å². The monoisotopic (exact) mass is 255 g/mol. The van der Waals surface area contributed by atoms with Gasteiger partial charge < -0.3 is 14.8 Å². The van der Waals surface area contributed by atoms with Crippen molar-refractivity contribution >= 4 is 5.82 Å². The van der Waals surface area contributed by atoms with Crippen LogP contribution in [0, 0.1) is 0 Å². The molecule has 0 bridgehead atoms. The van der Waals surface area contributed by atoms with Crippen molar-refractivity contribution in [2.75, 3.05) is 12.1 Å². The Labute approximate surface area is 110 Å². The minimum atomic E-state index is 0.286. The average molecular weight is 255 g/mol. The SMILES string of the molecule is c1cc2c(cc1-c1ccc(NC3CC3)nn1)OCO2. The third-order valence-electron chi connectivity index (χ3n) is 3.26. The summed E-state index contributed by atoms with van der Waals surface area (Å²) in [6.45, 7) is 0.286. The Balaban J connectivity index is 1.60.